The molecule has 0 atom stereocenters. The molecule has 0 bridgehead atoms. The zero-order chi connectivity index (χ0) is 12.3. The van der Waals surface area contributed by atoms with Gasteiger partial charge in [-0.2, -0.15) is 0 Å². The summed E-state index contributed by atoms with van der Waals surface area (Å²) < 4.78 is 0. The van der Waals surface area contributed by atoms with Crippen LogP contribution in [0.5, 0.6) is 0 Å². The lowest BCUT2D eigenvalue weighted by Crippen LogP contribution is -2.45. The monoisotopic (exact) mass is 273 g/mol. The third-order valence-electron chi connectivity index (χ3n) is 2.68. The van der Waals surface area contributed by atoms with Crippen LogP contribution in [0.4, 0.5) is 0 Å². The molecular weight excluding hydrogens is 261 g/mol. The molecular formula is C11H13Cl2N3O. The van der Waals surface area contributed by atoms with Crippen LogP contribution in [0.15, 0.2) is 12.1 Å². The molecule has 0 aromatic carbocycles. The molecule has 0 saturated carbocycles. The lowest BCUT2D eigenvalue weighted by atomic mass is 10.2. The van der Waals surface area contributed by atoms with Crippen molar-refractivity contribution in [3.8, 4) is 0 Å². The van der Waals surface area contributed by atoms with Crippen LogP contribution in [0.25, 0.3) is 0 Å². The van der Waals surface area contributed by atoms with Crippen molar-refractivity contribution in [1.82, 2.24) is 15.4 Å². The second kappa shape index (κ2) is 5.67. The predicted molar refractivity (Wildman–Crippen MR) is 67.1 cm³/mol. The van der Waals surface area contributed by atoms with Gasteiger partial charge in [-0.1, -0.05) is 29.6 Å². The fourth-order valence-electron chi connectivity index (χ4n) is 1.79. The zero-order valence-electron chi connectivity index (χ0n) is 9.25. The fraction of sp³-hybridized carbons (Fsp3) is 0.455. The summed E-state index contributed by atoms with van der Waals surface area (Å²) in [5.41, 5.74) is 3.17. The Morgan fingerprint density at radius 2 is 1.94 bits per heavy atom. The van der Waals surface area contributed by atoms with Gasteiger partial charge in [-0.3, -0.25) is 10.2 Å². The standard InChI is InChI=1S/C11H13Cl2N3O/c12-9-5-4-8(10(13)14-9)11(17)15-16-6-2-1-3-7-16/h4-5H,1-3,6-7H2,(H,15,17). The van der Waals surface area contributed by atoms with E-state index in [1.54, 1.807) is 12.1 Å². The van der Waals surface area contributed by atoms with Gasteiger partial charge in [-0.25, -0.2) is 9.99 Å². The van der Waals surface area contributed by atoms with Gasteiger partial charge in [-0.05, 0) is 25.0 Å². The van der Waals surface area contributed by atoms with Crippen LogP contribution in [-0.2, 0) is 0 Å². The van der Waals surface area contributed by atoms with Gasteiger partial charge in [0.1, 0.15) is 10.3 Å². The third-order valence-corrected chi connectivity index (χ3v) is 3.17. The number of hydrazine groups is 1. The molecule has 2 heterocycles. The fourth-order valence-corrected chi connectivity index (χ4v) is 2.22. The van der Waals surface area contributed by atoms with Crippen molar-refractivity contribution < 1.29 is 4.79 Å². The van der Waals surface area contributed by atoms with E-state index < -0.39 is 0 Å². The Labute approximate surface area is 110 Å². The van der Waals surface area contributed by atoms with Gasteiger partial charge in [-0.15, -0.1) is 0 Å². The van der Waals surface area contributed by atoms with Crippen molar-refractivity contribution in [1.29, 1.82) is 0 Å². The van der Waals surface area contributed by atoms with Crippen LogP contribution in [0.3, 0.4) is 0 Å². The molecule has 1 saturated heterocycles. The van der Waals surface area contributed by atoms with Crippen molar-refractivity contribution >= 4 is 29.1 Å². The number of hydrogen-bond acceptors (Lipinski definition) is 3. The van der Waals surface area contributed by atoms with E-state index in [2.05, 4.69) is 10.4 Å². The smallest absolute Gasteiger partial charge is 0.268 e. The highest BCUT2D eigenvalue weighted by atomic mass is 35.5. The molecule has 0 unspecified atom stereocenters. The van der Waals surface area contributed by atoms with E-state index in [0.29, 0.717) is 5.56 Å². The van der Waals surface area contributed by atoms with Crippen LogP contribution in [-0.4, -0.2) is 29.0 Å². The number of halogens is 2. The van der Waals surface area contributed by atoms with Crippen molar-refractivity contribution in [2.45, 2.75) is 19.3 Å². The van der Waals surface area contributed by atoms with Gasteiger partial charge in [0.25, 0.3) is 5.91 Å². The Morgan fingerprint density at radius 3 is 2.59 bits per heavy atom. The van der Waals surface area contributed by atoms with E-state index in [9.17, 15) is 4.79 Å². The second-order valence-electron chi connectivity index (χ2n) is 3.96. The second-order valence-corrected chi connectivity index (χ2v) is 4.71. The van der Waals surface area contributed by atoms with Crippen LogP contribution in [0.2, 0.25) is 10.3 Å². The maximum Gasteiger partial charge on any atom is 0.268 e. The summed E-state index contributed by atoms with van der Waals surface area (Å²) in [7, 11) is 0. The highest BCUT2D eigenvalue weighted by Gasteiger charge is 2.16. The van der Waals surface area contributed by atoms with E-state index in [0.717, 1.165) is 25.9 Å². The molecule has 1 N–H and O–H groups in total. The number of nitrogens with zero attached hydrogens (tertiary/aromatic N) is 2. The molecule has 0 spiro atoms. The predicted octanol–water partition coefficient (Wildman–Crippen LogP) is 2.52. The Bertz CT molecular complexity index is 419. The number of carbonyl (C=O) groups is 1. The van der Waals surface area contributed by atoms with E-state index in [1.165, 1.54) is 6.42 Å². The van der Waals surface area contributed by atoms with Crippen molar-refractivity contribution in [3.63, 3.8) is 0 Å². The molecule has 4 nitrogen and oxygen atoms in total. The summed E-state index contributed by atoms with van der Waals surface area (Å²) in [4.78, 5) is 15.8. The van der Waals surface area contributed by atoms with E-state index in [4.69, 9.17) is 23.2 Å². The van der Waals surface area contributed by atoms with Crippen LogP contribution >= 0.6 is 23.2 Å². The van der Waals surface area contributed by atoms with Gasteiger partial charge in [0.05, 0.1) is 5.56 Å². The van der Waals surface area contributed by atoms with Crippen LogP contribution in [0.1, 0.15) is 29.6 Å². The number of carbonyl (C=O) groups excluding carboxylic acids is 1. The number of nitrogens with one attached hydrogen (secondary N) is 1. The molecule has 0 aliphatic carbocycles. The number of pyridine rings is 1. The number of piperidine rings is 1. The quantitative estimate of drug-likeness (QED) is 0.843. The maximum absolute atomic E-state index is 11.9. The van der Waals surface area contributed by atoms with E-state index >= 15 is 0 Å². The van der Waals surface area contributed by atoms with Gasteiger partial charge in [0.15, 0.2) is 0 Å². The minimum atomic E-state index is -0.235. The summed E-state index contributed by atoms with van der Waals surface area (Å²) in [6.07, 6.45) is 3.43. The molecule has 2 rings (SSSR count). The Hall–Kier alpha value is -0.840. The molecule has 92 valence electrons. The van der Waals surface area contributed by atoms with Crippen molar-refractivity contribution in [3.05, 3.63) is 28.0 Å². The molecule has 1 aromatic rings. The van der Waals surface area contributed by atoms with Crippen LogP contribution < -0.4 is 5.43 Å². The minimum absolute atomic E-state index is 0.131. The highest BCUT2D eigenvalue weighted by Crippen LogP contribution is 2.17. The Kier molecular flexibility index (Phi) is 4.20. The first-order chi connectivity index (χ1) is 8.16. The average Bonchev–Trinajstić information content (AvgIpc) is 2.30. The molecule has 6 heteroatoms. The SMILES string of the molecule is O=C(NN1CCCCC1)c1ccc(Cl)nc1Cl. The molecule has 1 aliphatic heterocycles. The molecule has 1 amide bonds. The first-order valence-electron chi connectivity index (χ1n) is 5.55. The number of amides is 1. The molecule has 1 aliphatic rings. The lowest BCUT2D eigenvalue weighted by Gasteiger charge is -2.26. The van der Waals surface area contributed by atoms with Crippen molar-refractivity contribution in [2.75, 3.05) is 13.1 Å². The van der Waals surface area contributed by atoms with Gasteiger partial charge in [0, 0.05) is 13.1 Å². The largest absolute Gasteiger partial charge is 0.285 e. The summed E-state index contributed by atoms with van der Waals surface area (Å²) in [5.74, 6) is -0.235. The number of aromatic nitrogens is 1. The summed E-state index contributed by atoms with van der Waals surface area (Å²) in [6.45, 7) is 1.76. The average molecular weight is 274 g/mol. The van der Waals surface area contributed by atoms with Crippen LogP contribution in [0, 0.1) is 0 Å². The first kappa shape index (κ1) is 12.6. The normalized spacial score (nSPS) is 16.8. The van der Waals surface area contributed by atoms with Gasteiger partial charge in [0.2, 0.25) is 0 Å². The summed E-state index contributed by atoms with van der Waals surface area (Å²) >= 11 is 11.5. The number of rotatable bonds is 2. The van der Waals surface area contributed by atoms with Crippen molar-refractivity contribution in [2.24, 2.45) is 0 Å². The molecule has 0 radical (unpaired) electrons. The minimum Gasteiger partial charge on any atom is -0.285 e. The van der Waals surface area contributed by atoms with E-state index in [-0.39, 0.29) is 16.2 Å². The van der Waals surface area contributed by atoms with E-state index in [1.807, 2.05) is 5.01 Å². The highest BCUT2D eigenvalue weighted by molar-refractivity contribution is 6.34. The van der Waals surface area contributed by atoms with Gasteiger partial charge < -0.3 is 0 Å². The summed E-state index contributed by atoms with van der Waals surface area (Å²) in [6, 6.07) is 3.13. The molecule has 17 heavy (non-hydrogen) atoms. The topological polar surface area (TPSA) is 45.2 Å². The third kappa shape index (κ3) is 3.31. The molecule has 1 aromatic heterocycles. The number of hydrogen-bond donors (Lipinski definition) is 1. The zero-order valence-corrected chi connectivity index (χ0v) is 10.8. The maximum atomic E-state index is 11.9. The first-order valence-corrected chi connectivity index (χ1v) is 6.30. The van der Waals surface area contributed by atoms with Gasteiger partial charge >= 0.3 is 0 Å². The Morgan fingerprint density at radius 1 is 1.24 bits per heavy atom. The molecule has 1 fully saturated rings. The summed E-state index contributed by atoms with van der Waals surface area (Å²) in [5, 5.41) is 2.33. The Balaban J connectivity index is 2.03. The lowest BCUT2D eigenvalue weighted by molar-refractivity contribution is 0.0750.